The summed E-state index contributed by atoms with van der Waals surface area (Å²) in [5.74, 6) is 0.586. The molecule has 1 saturated heterocycles. The van der Waals surface area contributed by atoms with Crippen molar-refractivity contribution in [3.63, 3.8) is 0 Å². The van der Waals surface area contributed by atoms with Gasteiger partial charge in [-0.1, -0.05) is 6.07 Å². The van der Waals surface area contributed by atoms with Gasteiger partial charge in [-0.2, -0.15) is 0 Å². The third-order valence-electron chi connectivity index (χ3n) is 2.97. The molecule has 0 radical (unpaired) electrons. The Balaban J connectivity index is 1.97. The molecule has 1 aliphatic heterocycles. The van der Waals surface area contributed by atoms with Gasteiger partial charge in [0.2, 0.25) is 5.88 Å². The molecule has 0 spiro atoms. The number of nitrogens with zero attached hydrogens (tertiary/aromatic N) is 2. The van der Waals surface area contributed by atoms with E-state index >= 15 is 0 Å². The van der Waals surface area contributed by atoms with Crippen molar-refractivity contribution in [1.29, 1.82) is 0 Å². The monoisotopic (exact) mass is 250 g/mol. The summed E-state index contributed by atoms with van der Waals surface area (Å²) in [6, 6.07) is 5.53. The van der Waals surface area contributed by atoms with Gasteiger partial charge in [0.15, 0.2) is 0 Å². The smallest absolute Gasteiger partial charge is 0.251 e. The lowest BCUT2D eigenvalue weighted by Gasteiger charge is -2.20. The number of pyridine rings is 1. The summed E-state index contributed by atoms with van der Waals surface area (Å²) in [6.45, 7) is 1.15. The van der Waals surface area contributed by atoms with Crippen LogP contribution in [-0.4, -0.2) is 42.7 Å². The Labute approximate surface area is 107 Å². The normalized spacial score (nSPS) is 18.7. The first-order valence-corrected chi connectivity index (χ1v) is 6.07. The van der Waals surface area contributed by atoms with Gasteiger partial charge in [0, 0.05) is 19.7 Å². The molecule has 1 fully saturated rings. The van der Waals surface area contributed by atoms with Crippen molar-refractivity contribution in [2.45, 2.75) is 25.5 Å². The molecule has 1 aromatic heterocycles. The van der Waals surface area contributed by atoms with E-state index in [2.05, 4.69) is 4.98 Å². The molecule has 0 bridgehead atoms. The standard InChI is InChI=1S/C13H18N2O3/c1-15(13(16)11-6-4-8-18-11)9-10-5-3-7-12(14-10)17-2/h3,5,7,11H,4,6,8-9H2,1-2H3/t11-/m0/s1. The van der Waals surface area contributed by atoms with Crippen molar-refractivity contribution in [3.8, 4) is 5.88 Å². The molecule has 0 N–H and O–H groups in total. The molecule has 5 heteroatoms. The zero-order valence-corrected chi connectivity index (χ0v) is 10.8. The highest BCUT2D eigenvalue weighted by molar-refractivity contribution is 5.80. The Hall–Kier alpha value is -1.62. The minimum atomic E-state index is -0.277. The summed E-state index contributed by atoms with van der Waals surface area (Å²) in [4.78, 5) is 18.0. The highest BCUT2D eigenvalue weighted by Crippen LogP contribution is 2.15. The maximum atomic E-state index is 12.0. The Morgan fingerprint density at radius 3 is 3.11 bits per heavy atom. The number of carbonyl (C=O) groups is 1. The van der Waals surface area contributed by atoms with E-state index in [1.54, 1.807) is 25.1 Å². The highest BCUT2D eigenvalue weighted by Gasteiger charge is 2.26. The van der Waals surface area contributed by atoms with Crippen molar-refractivity contribution in [1.82, 2.24) is 9.88 Å². The molecule has 2 heterocycles. The molecule has 98 valence electrons. The van der Waals surface area contributed by atoms with Crippen LogP contribution in [0.4, 0.5) is 0 Å². The SMILES string of the molecule is COc1cccc(CN(C)C(=O)[C@@H]2CCCO2)n1. The van der Waals surface area contributed by atoms with E-state index in [0.717, 1.165) is 18.5 Å². The molecule has 1 amide bonds. The van der Waals surface area contributed by atoms with Crippen molar-refractivity contribution >= 4 is 5.91 Å². The molecule has 0 aromatic carbocycles. The molecular formula is C13H18N2O3. The second-order valence-corrected chi connectivity index (χ2v) is 4.37. The number of carbonyl (C=O) groups excluding carboxylic acids is 1. The number of amides is 1. The van der Waals surface area contributed by atoms with Crippen LogP contribution in [0.1, 0.15) is 18.5 Å². The fourth-order valence-electron chi connectivity index (χ4n) is 2.00. The molecule has 1 aliphatic rings. The van der Waals surface area contributed by atoms with Crippen LogP contribution in [0.3, 0.4) is 0 Å². The predicted octanol–water partition coefficient (Wildman–Crippen LogP) is 1.23. The van der Waals surface area contributed by atoms with Crippen molar-refractivity contribution in [3.05, 3.63) is 23.9 Å². The predicted molar refractivity (Wildman–Crippen MR) is 66.2 cm³/mol. The molecule has 0 aliphatic carbocycles. The summed E-state index contributed by atoms with van der Waals surface area (Å²) in [5.41, 5.74) is 0.809. The summed E-state index contributed by atoms with van der Waals surface area (Å²) < 4.78 is 10.4. The third-order valence-corrected chi connectivity index (χ3v) is 2.97. The van der Waals surface area contributed by atoms with Gasteiger partial charge in [-0.15, -0.1) is 0 Å². The van der Waals surface area contributed by atoms with Crippen LogP contribution >= 0.6 is 0 Å². The Bertz CT molecular complexity index is 416. The maximum Gasteiger partial charge on any atom is 0.251 e. The van der Waals surface area contributed by atoms with Crippen LogP contribution in [0, 0.1) is 0 Å². The second-order valence-electron chi connectivity index (χ2n) is 4.37. The van der Waals surface area contributed by atoms with Gasteiger partial charge < -0.3 is 14.4 Å². The van der Waals surface area contributed by atoms with E-state index in [4.69, 9.17) is 9.47 Å². The molecule has 0 unspecified atom stereocenters. The summed E-state index contributed by atoms with van der Waals surface area (Å²) >= 11 is 0. The van der Waals surface area contributed by atoms with E-state index in [9.17, 15) is 4.79 Å². The first-order valence-electron chi connectivity index (χ1n) is 6.07. The van der Waals surface area contributed by atoms with Crippen molar-refractivity contribution < 1.29 is 14.3 Å². The summed E-state index contributed by atoms with van der Waals surface area (Å²) in [7, 11) is 3.35. The molecule has 5 nitrogen and oxygen atoms in total. The van der Waals surface area contributed by atoms with Crippen molar-refractivity contribution in [2.75, 3.05) is 20.8 Å². The quantitative estimate of drug-likeness (QED) is 0.806. The summed E-state index contributed by atoms with van der Waals surface area (Å²) in [6.07, 6.45) is 1.50. The fraction of sp³-hybridized carbons (Fsp3) is 0.538. The van der Waals surface area contributed by atoms with Crippen LogP contribution in [0.25, 0.3) is 0 Å². The number of methoxy groups -OCH3 is 1. The van der Waals surface area contributed by atoms with Gasteiger partial charge in [-0.3, -0.25) is 4.79 Å². The lowest BCUT2D eigenvalue weighted by atomic mass is 10.2. The topological polar surface area (TPSA) is 51.7 Å². The number of hydrogen-bond acceptors (Lipinski definition) is 4. The van der Waals surface area contributed by atoms with Crippen LogP contribution in [-0.2, 0) is 16.1 Å². The minimum absolute atomic E-state index is 0.0251. The zero-order chi connectivity index (χ0) is 13.0. The zero-order valence-electron chi connectivity index (χ0n) is 10.8. The van der Waals surface area contributed by atoms with Crippen LogP contribution in [0.5, 0.6) is 5.88 Å². The molecule has 18 heavy (non-hydrogen) atoms. The largest absolute Gasteiger partial charge is 0.481 e. The average molecular weight is 250 g/mol. The first kappa shape index (κ1) is 12.8. The van der Waals surface area contributed by atoms with E-state index in [1.807, 2.05) is 12.1 Å². The molecule has 2 rings (SSSR count). The van der Waals surface area contributed by atoms with Crippen LogP contribution in [0.15, 0.2) is 18.2 Å². The van der Waals surface area contributed by atoms with Gasteiger partial charge in [-0.05, 0) is 18.9 Å². The average Bonchev–Trinajstić information content (AvgIpc) is 2.92. The molecule has 1 atom stereocenters. The van der Waals surface area contributed by atoms with E-state index in [0.29, 0.717) is 19.0 Å². The van der Waals surface area contributed by atoms with Gasteiger partial charge in [0.05, 0.1) is 19.3 Å². The van der Waals surface area contributed by atoms with Gasteiger partial charge in [0.25, 0.3) is 5.91 Å². The number of rotatable bonds is 4. The minimum Gasteiger partial charge on any atom is -0.481 e. The highest BCUT2D eigenvalue weighted by atomic mass is 16.5. The lowest BCUT2D eigenvalue weighted by Crippen LogP contribution is -2.35. The maximum absolute atomic E-state index is 12.0. The molecular weight excluding hydrogens is 232 g/mol. The van der Waals surface area contributed by atoms with Crippen molar-refractivity contribution in [2.24, 2.45) is 0 Å². The number of likely N-dealkylation sites (N-methyl/N-ethyl adjacent to an activating group) is 1. The fourth-order valence-corrected chi connectivity index (χ4v) is 2.00. The van der Waals surface area contributed by atoms with Gasteiger partial charge in [0.1, 0.15) is 6.10 Å². The second kappa shape index (κ2) is 5.82. The van der Waals surface area contributed by atoms with Gasteiger partial charge in [-0.25, -0.2) is 4.98 Å². The first-order chi connectivity index (χ1) is 8.70. The molecule has 1 aromatic rings. The number of hydrogen-bond donors (Lipinski definition) is 0. The Morgan fingerprint density at radius 1 is 1.61 bits per heavy atom. The molecule has 0 saturated carbocycles. The summed E-state index contributed by atoms with van der Waals surface area (Å²) in [5, 5.41) is 0. The van der Waals surface area contributed by atoms with E-state index in [-0.39, 0.29) is 12.0 Å². The number of ether oxygens (including phenoxy) is 2. The van der Waals surface area contributed by atoms with Gasteiger partial charge >= 0.3 is 0 Å². The Morgan fingerprint density at radius 2 is 2.44 bits per heavy atom. The Kier molecular flexibility index (Phi) is 4.15. The third kappa shape index (κ3) is 2.98. The van der Waals surface area contributed by atoms with Crippen LogP contribution < -0.4 is 4.74 Å². The van der Waals surface area contributed by atoms with E-state index < -0.39 is 0 Å². The van der Waals surface area contributed by atoms with E-state index in [1.165, 1.54) is 0 Å². The van der Waals surface area contributed by atoms with Crippen LogP contribution in [0.2, 0.25) is 0 Å². The number of aromatic nitrogens is 1. The lowest BCUT2D eigenvalue weighted by molar-refractivity contribution is -0.140.